The molecule has 15 heavy (non-hydrogen) atoms. The molecule has 0 spiro atoms. The number of aromatic nitrogens is 1. The van der Waals surface area contributed by atoms with Crippen molar-refractivity contribution in [1.82, 2.24) is 4.98 Å². The molecule has 1 N–H and O–H groups in total. The van der Waals surface area contributed by atoms with Gasteiger partial charge in [-0.25, -0.2) is 0 Å². The zero-order chi connectivity index (χ0) is 10.8. The van der Waals surface area contributed by atoms with Crippen LogP contribution in [0.25, 0.3) is 11.1 Å². The molecule has 0 amide bonds. The molecule has 2 rings (SSSR count). The SMILES string of the molecule is Cc1cc(O)cc(C)c1-c1ccncc1. The second kappa shape index (κ2) is 3.73. The lowest BCUT2D eigenvalue weighted by molar-refractivity contribution is 0.474. The van der Waals surface area contributed by atoms with E-state index in [9.17, 15) is 5.11 Å². The molecule has 0 saturated carbocycles. The van der Waals surface area contributed by atoms with Crippen LogP contribution in [-0.2, 0) is 0 Å². The van der Waals surface area contributed by atoms with Crippen LogP contribution in [0.3, 0.4) is 0 Å². The van der Waals surface area contributed by atoms with Crippen LogP contribution in [0.1, 0.15) is 11.1 Å². The molecule has 2 heteroatoms. The third-order valence-corrected chi connectivity index (χ3v) is 2.49. The first kappa shape index (κ1) is 9.71. The van der Waals surface area contributed by atoms with E-state index in [1.54, 1.807) is 24.5 Å². The summed E-state index contributed by atoms with van der Waals surface area (Å²) >= 11 is 0. The fourth-order valence-corrected chi connectivity index (χ4v) is 1.91. The quantitative estimate of drug-likeness (QED) is 0.765. The molecule has 0 aliphatic rings. The number of hydrogen-bond donors (Lipinski definition) is 1. The van der Waals surface area contributed by atoms with Gasteiger partial charge < -0.3 is 5.11 Å². The highest BCUT2D eigenvalue weighted by Gasteiger charge is 2.06. The second-order valence-corrected chi connectivity index (χ2v) is 3.69. The number of aryl methyl sites for hydroxylation is 2. The first-order chi connectivity index (χ1) is 7.18. The van der Waals surface area contributed by atoms with Gasteiger partial charge in [0.15, 0.2) is 0 Å². The van der Waals surface area contributed by atoms with E-state index in [-0.39, 0.29) is 0 Å². The molecule has 1 aromatic heterocycles. The molecule has 1 aromatic carbocycles. The number of rotatable bonds is 1. The molecule has 0 saturated heterocycles. The third kappa shape index (κ3) is 1.84. The number of aromatic hydroxyl groups is 1. The molecule has 0 unspecified atom stereocenters. The van der Waals surface area contributed by atoms with Crippen LogP contribution in [0.4, 0.5) is 0 Å². The molecule has 2 nitrogen and oxygen atoms in total. The first-order valence-corrected chi connectivity index (χ1v) is 4.89. The minimum atomic E-state index is 0.322. The van der Waals surface area contributed by atoms with Gasteiger partial charge in [0.25, 0.3) is 0 Å². The number of benzene rings is 1. The highest BCUT2D eigenvalue weighted by Crippen LogP contribution is 2.29. The molecule has 0 aliphatic heterocycles. The number of phenols is 1. The van der Waals surface area contributed by atoms with E-state index in [2.05, 4.69) is 4.98 Å². The average molecular weight is 199 g/mol. The lowest BCUT2D eigenvalue weighted by Crippen LogP contribution is -1.88. The van der Waals surface area contributed by atoms with E-state index in [4.69, 9.17) is 0 Å². The summed E-state index contributed by atoms with van der Waals surface area (Å²) in [5, 5.41) is 9.45. The highest BCUT2D eigenvalue weighted by atomic mass is 16.3. The van der Waals surface area contributed by atoms with Crippen molar-refractivity contribution < 1.29 is 5.11 Å². The van der Waals surface area contributed by atoms with E-state index >= 15 is 0 Å². The van der Waals surface area contributed by atoms with Crippen molar-refractivity contribution in [2.24, 2.45) is 0 Å². The maximum Gasteiger partial charge on any atom is 0.116 e. The highest BCUT2D eigenvalue weighted by molar-refractivity contribution is 5.71. The van der Waals surface area contributed by atoms with E-state index in [0.29, 0.717) is 5.75 Å². The molecule has 0 atom stereocenters. The predicted molar refractivity (Wildman–Crippen MR) is 60.8 cm³/mol. The second-order valence-electron chi connectivity index (χ2n) is 3.69. The minimum Gasteiger partial charge on any atom is -0.508 e. The Morgan fingerprint density at radius 3 is 2.07 bits per heavy atom. The summed E-state index contributed by atoms with van der Waals surface area (Å²) in [5.74, 6) is 0.322. The van der Waals surface area contributed by atoms with Gasteiger partial charge in [-0.3, -0.25) is 4.98 Å². The van der Waals surface area contributed by atoms with Gasteiger partial charge in [-0.1, -0.05) is 0 Å². The van der Waals surface area contributed by atoms with Crippen molar-refractivity contribution >= 4 is 0 Å². The molecule has 0 aliphatic carbocycles. The maximum atomic E-state index is 9.45. The Balaban J connectivity index is 2.64. The van der Waals surface area contributed by atoms with Crippen molar-refractivity contribution in [3.05, 3.63) is 47.8 Å². The molecule has 2 aromatic rings. The van der Waals surface area contributed by atoms with Crippen molar-refractivity contribution in [3.8, 4) is 16.9 Å². The Labute approximate surface area is 89.2 Å². The first-order valence-electron chi connectivity index (χ1n) is 4.89. The van der Waals surface area contributed by atoms with E-state index < -0.39 is 0 Å². The topological polar surface area (TPSA) is 33.1 Å². The Hall–Kier alpha value is -1.83. The molecule has 76 valence electrons. The third-order valence-electron chi connectivity index (χ3n) is 2.49. The number of phenolic OH excluding ortho intramolecular Hbond substituents is 1. The Kier molecular flexibility index (Phi) is 2.42. The Bertz CT molecular complexity index is 454. The van der Waals surface area contributed by atoms with Crippen LogP contribution in [0.2, 0.25) is 0 Å². The average Bonchev–Trinajstić information content (AvgIpc) is 2.17. The zero-order valence-corrected chi connectivity index (χ0v) is 8.86. The molecule has 0 fully saturated rings. The van der Waals surface area contributed by atoms with Gasteiger partial charge in [0.05, 0.1) is 0 Å². The van der Waals surface area contributed by atoms with E-state index in [1.807, 2.05) is 26.0 Å². The van der Waals surface area contributed by atoms with Crippen LogP contribution < -0.4 is 0 Å². The lowest BCUT2D eigenvalue weighted by atomic mass is 9.96. The van der Waals surface area contributed by atoms with E-state index in [1.165, 1.54) is 5.56 Å². The molecule has 1 heterocycles. The van der Waals surface area contributed by atoms with Crippen LogP contribution in [0.15, 0.2) is 36.7 Å². The molecular weight excluding hydrogens is 186 g/mol. The van der Waals surface area contributed by atoms with Gasteiger partial charge in [0, 0.05) is 12.4 Å². The number of nitrogens with zero attached hydrogens (tertiary/aromatic N) is 1. The fraction of sp³-hybridized carbons (Fsp3) is 0.154. The smallest absolute Gasteiger partial charge is 0.116 e. The Morgan fingerprint density at radius 1 is 1.00 bits per heavy atom. The fourth-order valence-electron chi connectivity index (χ4n) is 1.91. The van der Waals surface area contributed by atoms with Gasteiger partial charge >= 0.3 is 0 Å². The Morgan fingerprint density at radius 2 is 1.53 bits per heavy atom. The molecule has 0 bridgehead atoms. The summed E-state index contributed by atoms with van der Waals surface area (Å²) in [6, 6.07) is 7.52. The lowest BCUT2D eigenvalue weighted by Gasteiger charge is -2.10. The van der Waals surface area contributed by atoms with Crippen molar-refractivity contribution in [3.63, 3.8) is 0 Å². The van der Waals surface area contributed by atoms with Crippen LogP contribution in [0, 0.1) is 13.8 Å². The largest absolute Gasteiger partial charge is 0.508 e. The summed E-state index contributed by atoms with van der Waals surface area (Å²) in [4.78, 5) is 4.00. The van der Waals surface area contributed by atoms with Crippen molar-refractivity contribution in [2.45, 2.75) is 13.8 Å². The van der Waals surface area contributed by atoms with Crippen molar-refractivity contribution in [2.75, 3.05) is 0 Å². The summed E-state index contributed by atoms with van der Waals surface area (Å²) in [5.41, 5.74) is 4.48. The standard InChI is InChI=1S/C13H13NO/c1-9-7-12(15)8-10(2)13(9)11-3-5-14-6-4-11/h3-8,15H,1-2H3. The normalized spacial score (nSPS) is 10.3. The van der Waals surface area contributed by atoms with Crippen LogP contribution >= 0.6 is 0 Å². The van der Waals surface area contributed by atoms with Gasteiger partial charge in [0.2, 0.25) is 0 Å². The molecular formula is C13H13NO. The zero-order valence-electron chi connectivity index (χ0n) is 8.86. The molecule has 0 radical (unpaired) electrons. The number of pyridine rings is 1. The van der Waals surface area contributed by atoms with Crippen LogP contribution in [0.5, 0.6) is 5.75 Å². The van der Waals surface area contributed by atoms with Crippen LogP contribution in [-0.4, -0.2) is 10.1 Å². The van der Waals surface area contributed by atoms with Gasteiger partial charge in [-0.05, 0) is 60.4 Å². The summed E-state index contributed by atoms with van der Waals surface area (Å²) in [6.45, 7) is 4.00. The predicted octanol–water partition coefficient (Wildman–Crippen LogP) is 3.07. The van der Waals surface area contributed by atoms with E-state index in [0.717, 1.165) is 16.7 Å². The summed E-state index contributed by atoms with van der Waals surface area (Å²) < 4.78 is 0. The van der Waals surface area contributed by atoms with Crippen molar-refractivity contribution in [1.29, 1.82) is 0 Å². The van der Waals surface area contributed by atoms with Gasteiger partial charge in [-0.2, -0.15) is 0 Å². The maximum absolute atomic E-state index is 9.45. The minimum absolute atomic E-state index is 0.322. The number of hydrogen-bond acceptors (Lipinski definition) is 2. The van der Waals surface area contributed by atoms with Gasteiger partial charge in [0.1, 0.15) is 5.75 Å². The summed E-state index contributed by atoms with van der Waals surface area (Å²) in [6.07, 6.45) is 3.56. The van der Waals surface area contributed by atoms with Gasteiger partial charge in [-0.15, -0.1) is 0 Å². The summed E-state index contributed by atoms with van der Waals surface area (Å²) in [7, 11) is 0. The monoisotopic (exact) mass is 199 g/mol.